The summed E-state index contributed by atoms with van der Waals surface area (Å²) in [6, 6.07) is 6.63. The molecule has 1 unspecified atom stereocenters. The molecule has 0 saturated carbocycles. The third-order valence-electron chi connectivity index (χ3n) is 4.29. The summed E-state index contributed by atoms with van der Waals surface area (Å²) < 4.78 is 13.0. The number of carbonyl (C=O) groups excluding carboxylic acids is 1. The molecule has 0 spiro atoms. The van der Waals surface area contributed by atoms with Crippen LogP contribution in [-0.4, -0.2) is 41.5 Å². The van der Waals surface area contributed by atoms with Crippen molar-refractivity contribution in [2.75, 3.05) is 19.6 Å². The number of hydrogen-bond donors (Lipinski definition) is 1. The van der Waals surface area contributed by atoms with Crippen molar-refractivity contribution >= 4 is 17.2 Å². The van der Waals surface area contributed by atoms with Crippen LogP contribution in [0.3, 0.4) is 0 Å². The summed E-state index contributed by atoms with van der Waals surface area (Å²) in [6.45, 7) is 9.02. The number of benzene rings is 1. The second-order valence-electron chi connectivity index (χ2n) is 6.01. The van der Waals surface area contributed by atoms with Crippen LogP contribution in [0.25, 0.3) is 11.3 Å². The number of amides is 1. The number of aryl methyl sites for hydroxylation is 1. The number of thiazole rings is 1. The van der Waals surface area contributed by atoms with Crippen molar-refractivity contribution in [1.29, 1.82) is 0 Å². The molecular formula is C19H26FN3OS. The first kappa shape index (κ1) is 19.5. The van der Waals surface area contributed by atoms with E-state index in [9.17, 15) is 9.18 Å². The minimum atomic E-state index is -0.255. The van der Waals surface area contributed by atoms with Crippen molar-refractivity contribution in [1.82, 2.24) is 15.2 Å². The molecular weight excluding hydrogens is 337 g/mol. The zero-order chi connectivity index (χ0) is 18.2. The van der Waals surface area contributed by atoms with Crippen LogP contribution in [0.4, 0.5) is 4.39 Å². The fourth-order valence-corrected chi connectivity index (χ4v) is 3.53. The molecule has 0 bridgehead atoms. The number of rotatable bonds is 9. The van der Waals surface area contributed by atoms with Gasteiger partial charge in [-0.3, -0.25) is 9.69 Å². The highest BCUT2D eigenvalue weighted by Crippen LogP contribution is 2.22. The summed E-state index contributed by atoms with van der Waals surface area (Å²) in [4.78, 5) is 18.9. The van der Waals surface area contributed by atoms with E-state index in [4.69, 9.17) is 0 Å². The Morgan fingerprint density at radius 3 is 2.60 bits per heavy atom. The number of hydrogen-bond acceptors (Lipinski definition) is 4. The molecule has 136 valence electrons. The van der Waals surface area contributed by atoms with Crippen LogP contribution in [0.5, 0.6) is 0 Å². The first-order valence-electron chi connectivity index (χ1n) is 8.74. The van der Waals surface area contributed by atoms with Crippen molar-refractivity contribution < 1.29 is 9.18 Å². The number of carbonyl (C=O) groups is 1. The zero-order valence-electron chi connectivity index (χ0n) is 15.1. The second kappa shape index (κ2) is 9.63. The molecule has 6 heteroatoms. The number of likely N-dealkylation sites (N-methyl/N-ethyl adjacent to an activating group) is 1. The van der Waals surface area contributed by atoms with E-state index in [1.807, 2.05) is 5.38 Å². The molecule has 1 N–H and O–H groups in total. The van der Waals surface area contributed by atoms with E-state index >= 15 is 0 Å². The van der Waals surface area contributed by atoms with Crippen LogP contribution in [0.2, 0.25) is 0 Å². The lowest BCUT2D eigenvalue weighted by Crippen LogP contribution is -2.42. The molecule has 1 aromatic carbocycles. The van der Waals surface area contributed by atoms with E-state index < -0.39 is 0 Å². The van der Waals surface area contributed by atoms with Crippen molar-refractivity contribution in [2.24, 2.45) is 0 Å². The van der Waals surface area contributed by atoms with Gasteiger partial charge in [0, 0.05) is 36.4 Å². The molecule has 1 atom stereocenters. The highest BCUT2D eigenvalue weighted by atomic mass is 32.1. The maximum absolute atomic E-state index is 13.0. The van der Waals surface area contributed by atoms with Gasteiger partial charge in [0.2, 0.25) is 5.91 Å². The Morgan fingerprint density at radius 1 is 1.28 bits per heavy atom. The Labute approximate surface area is 153 Å². The predicted octanol–water partition coefficient (Wildman–Crippen LogP) is 3.73. The van der Waals surface area contributed by atoms with E-state index in [1.54, 1.807) is 12.1 Å². The molecule has 2 aromatic rings. The van der Waals surface area contributed by atoms with Gasteiger partial charge in [-0.1, -0.05) is 13.8 Å². The predicted molar refractivity (Wildman–Crippen MR) is 101 cm³/mol. The molecule has 0 aliphatic heterocycles. The molecule has 25 heavy (non-hydrogen) atoms. The third kappa shape index (κ3) is 5.90. The Morgan fingerprint density at radius 2 is 1.96 bits per heavy atom. The van der Waals surface area contributed by atoms with Crippen molar-refractivity contribution in [3.63, 3.8) is 0 Å². The summed E-state index contributed by atoms with van der Waals surface area (Å²) in [7, 11) is 0. The largest absolute Gasteiger partial charge is 0.355 e. The van der Waals surface area contributed by atoms with Gasteiger partial charge < -0.3 is 5.32 Å². The first-order valence-corrected chi connectivity index (χ1v) is 9.62. The summed E-state index contributed by atoms with van der Waals surface area (Å²) in [5, 5.41) is 5.87. The van der Waals surface area contributed by atoms with Crippen molar-refractivity contribution in [3.05, 3.63) is 40.5 Å². The number of halogens is 1. The van der Waals surface area contributed by atoms with E-state index in [0.717, 1.165) is 29.4 Å². The summed E-state index contributed by atoms with van der Waals surface area (Å²) in [5.74, 6) is -0.202. The second-order valence-corrected chi connectivity index (χ2v) is 6.95. The van der Waals surface area contributed by atoms with Crippen LogP contribution < -0.4 is 5.32 Å². The lowest BCUT2D eigenvalue weighted by Gasteiger charge is -2.26. The van der Waals surface area contributed by atoms with Gasteiger partial charge in [0.15, 0.2) is 0 Å². The SMILES string of the molecule is CCN(CC)C(C)CNC(=O)CCc1nc(-c2ccc(F)cc2)cs1. The molecule has 0 saturated heterocycles. The highest BCUT2D eigenvalue weighted by Gasteiger charge is 2.12. The molecule has 0 fully saturated rings. The fraction of sp³-hybridized carbons (Fsp3) is 0.474. The maximum atomic E-state index is 13.0. The number of nitrogens with one attached hydrogen (secondary N) is 1. The van der Waals surface area contributed by atoms with Crippen LogP contribution in [0, 0.1) is 5.82 Å². The topological polar surface area (TPSA) is 45.2 Å². The van der Waals surface area contributed by atoms with Gasteiger partial charge in [-0.25, -0.2) is 9.37 Å². The smallest absolute Gasteiger partial charge is 0.220 e. The van der Waals surface area contributed by atoms with Gasteiger partial charge in [-0.15, -0.1) is 11.3 Å². The fourth-order valence-electron chi connectivity index (χ4n) is 2.73. The molecule has 0 aliphatic rings. The lowest BCUT2D eigenvalue weighted by molar-refractivity contribution is -0.121. The van der Waals surface area contributed by atoms with Crippen molar-refractivity contribution in [3.8, 4) is 11.3 Å². The number of nitrogens with zero attached hydrogens (tertiary/aromatic N) is 2. The maximum Gasteiger partial charge on any atom is 0.220 e. The zero-order valence-corrected chi connectivity index (χ0v) is 15.9. The summed E-state index contributed by atoms with van der Waals surface area (Å²) in [6.07, 6.45) is 1.05. The van der Waals surface area contributed by atoms with Gasteiger partial charge in [0.25, 0.3) is 0 Å². The Balaban J connectivity index is 1.79. The minimum Gasteiger partial charge on any atom is -0.355 e. The summed E-state index contributed by atoms with van der Waals surface area (Å²) >= 11 is 1.53. The van der Waals surface area contributed by atoms with Gasteiger partial charge >= 0.3 is 0 Å². The van der Waals surface area contributed by atoms with Crippen LogP contribution >= 0.6 is 11.3 Å². The van der Waals surface area contributed by atoms with Gasteiger partial charge in [-0.2, -0.15) is 0 Å². The molecule has 0 radical (unpaired) electrons. The standard InChI is InChI=1S/C19H26FN3OS/c1-4-23(5-2)14(3)12-21-18(24)10-11-19-22-17(13-25-19)15-6-8-16(20)9-7-15/h6-9,13-14H,4-5,10-12H2,1-3H3,(H,21,24). The Bertz CT molecular complexity index is 668. The quantitative estimate of drug-likeness (QED) is 0.738. The van der Waals surface area contributed by atoms with Gasteiger partial charge in [0.05, 0.1) is 10.7 Å². The average molecular weight is 364 g/mol. The molecule has 2 rings (SSSR count). The van der Waals surface area contributed by atoms with E-state index in [0.29, 0.717) is 25.4 Å². The molecule has 1 amide bonds. The van der Waals surface area contributed by atoms with Crippen molar-refractivity contribution in [2.45, 2.75) is 39.7 Å². The van der Waals surface area contributed by atoms with E-state index in [1.165, 1.54) is 23.5 Å². The Kier molecular flexibility index (Phi) is 7.52. The monoisotopic (exact) mass is 363 g/mol. The summed E-state index contributed by atoms with van der Waals surface area (Å²) in [5.41, 5.74) is 1.72. The molecule has 4 nitrogen and oxygen atoms in total. The first-order chi connectivity index (χ1) is 12.0. The average Bonchev–Trinajstić information content (AvgIpc) is 3.09. The van der Waals surface area contributed by atoms with Crippen LogP contribution in [-0.2, 0) is 11.2 Å². The molecule has 0 aliphatic carbocycles. The van der Waals surface area contributed by atoms with E-state index in [-0.39, 0.29) is 11.7 Å². The highest BCUT2D eigenvalue weighted by molar-refractivity contribution is 7.09. The van der Waals surface area contributed by atoms with E-state index in [2.05, 4.69) is 36.0 Å². The normalized spacial score (nSPS) is 12.4. The third-order valence-corrected chi connectivity index (χ3v) is 5.20. The molecule has 1 heterocycles. The van der Waals surface area contributed by atoms with Gasteiger partial charge in [0.1, 0.15) is 5.82 Å². The molecule has 1 aromatic heterocycles. The number of aromatic nitrogens is 1. The minimum absolute atomic E-state index is 0.0533. The van der Waals surface area contributed by atoms with Crippen LogP contribution in [0.15, 0.2) is 29.6 Å². The lowest BCUT2D eigenvalue weighted by atomic mass is 10.2. The van der Waals surface area contributed by atoms with Crippen LogP contribution in [0.1, 0.15) is 32.2 Å². The Hall–Kier alpha value is -1.79. The van der Waals surface area contributed by atoms with Gasteiger partial charge in [-0.05, 0) is 44.3 Å².